The molecule has 2 heterocycles. The van der Waals surface area contributed by atoms with E-state index >= 15 is 0 Å². The zero-order chi connectivity index (χ0) is 10.8. The molecule has 0 aliphatic rings. The smallest absolute Gasteiger partial charge is 0.275 e. The summed E-state index contributed by atoms with van der Waals surface area (Å²) >= 11 is 0. The molecule has 0 atom stereocenters. The minimum Gasteiger partial charge on any atom is -0.293 e. The van der Waals surface area contributed by atoms with E-state index in [-0.39, 0.29) is 5.56 Å². The van der Waals surface area contributed by atoms with Crippen LogP contribution in [0.5, 0.6) is 0 Å². The van der Waals surface area contributed by atoms with E-state index in [4.69, 9.17) is 0 Å². The summed E-state index contributed by atoms with van der Waals surface area (Å²) in [5.74, 6) is 0.519. The van der Waals surface area contributed by atoms with Gasteiger partial charge in [-0.15, -0.1) is 5.10 Å². The number of hydrogen-bond acceptors (Lipinski definition) is 3. The van der Waals surface area contributed by atoms with E-state index in [9.17, 15) is 4.79 Å². The Morgan fingerprint density at radius 1 is 1.53 bits per heavy atom. The first-order valence-corrected chi connectivity index (χ1v) is 4.82. The highest BCUT2D eigenvalue weighted by molar-refractivity contribution is 5.24. The molecule has 2 aromatic rings. The number of nitrogens with one attached hydrogen (secondary N) is 1. The summed E-state index contributed by atoms with van der Waals surface area (Å²) < 4.78 is 1.42. The summed E-state index contributed by atoms with van der Waals surface area (Å²) in [5, 5.41) is 10.6. The van der Waals surface area contributed by atoms with Crippen LogP contribution >= 0.6 is 0 Å². The number of aromatic nitrogens is 4. The van der Waals surface area contributed by atoms with Crippen LogP contribution in [-0.2, 0) is 6.42 Å². The molecule has 2 rings (SSSR count). The first-order chi connectivity index (χ1) is 7.24. The second-order valence-corrected chi connectivity index (χ2v) is 3.29. The van der Waals surface area contributed by atoms with Crippen LogP contribution in [0.2, 0.25) is 0 Å². The molecule has 5 nitrogen and oxygen atoms in total. The molecule has 0 amide bonds. The van der Waals surface area contributed by atoms with E-state index in [2.05, 4.69) is 15.3 Å². The van der Waals surface area contributed by atoms with Gasteiger partial charge in [-0.2, -0.15) is 9.78 Å². The molecule has 0 unspecified atom stereocenters. The van der Waals surface area contributed by atoms with Crippen LogP contribution in [0.15, 0.2) is 23.1 Å². The summed E-state index contributed by atoms with van der Waals surface area (Å²) in [5.41, 5.74) is 1.61. The normalized spacial score (nSPS) is 10.5. The van der Waals surface area contributed by atoms with Crippen molar-refractivity contribution in [2.45, 2.75) is 20.3 Å². The van der Waals surface area contributed by atoms with Gasteiger partial charge in [0.25, 0.3) is 5.56 Å². The van der Waals surface area contributed by atoms with E-state index in [1.807, 2.05) is 13.8 Å². The monoisotopic (exact) mass is 204 g/mol. The van der Waals surface area contributed by atoms with Gasteiger partial charge in [-0.3, -0.25) is 9.89 Å². The molecule has 0 saturated heterocycles. The zero-order valence-corrected chi connectivity index (χ0v) is 8.69. The average Bonchev–Trinajstić information content (AvgIpc) is 2.57. The lowest BCUT2D eigenvalue weighted by Gasteiger charge is -1.97. The van der Waals surface area contributed by atoms with Gasteiger partial charge in [0.15, 0.2) is 5.82 Å². The summed E-state index contributed by atoms with van der Waals surface area (Å²) in [7, 11) is 0. The predicted octanol–water partition coefficient (Wildman–Crippen LogP) is 0.826. The number of H-pyrrole nitrogens is 1. The van der Waals surface area contributed by atoms with Gasteiger partial charge in [-0.1, -0.05) is 6.92 Å². The maximum absolute atomic E-state index is 11.8. The average molecular weight is 204 g/mol. The molecular formula is C10H12N4O. The maximum Gasteiger partial charge on any atom is 0.275 e. The van der Waals surface area contributed by atoms with Gasteiger partial charge < -0.3 is 0 Å². The van der Waals surface area contributed by atoms with Crippen LogP contribution in [0.4, 0.5) is 0 Å². The highest BCUT2D eigenvalue weighted by Crippen LogP contribution is 2.03. The Kier molecular flexibility index (Phi) is 2.37. The van der Waals surface area contributed by atoms with Crippen molar-refractivity contribution in [3.05, 3.63) is 39.9 Å². The molecule has 15 heavy (non-hydrogen) atoms. The van der Waals surface area contributed by atoms with Crippen molar-refractivity contribution >= 4 is 0 Å². The van der Waals surface area contributed by atoms with Crippen molar-refractivity contribution in [1.82, 2.24) is 20.0 Å². The zero-order valence-electron chi connectivity index (χ0n) is 8.69. The van der Waals surface area contributed by atoms with Crippen LogP contribution < -0.4 is 5.56 Å². The molecule has 2 aromatic heterocycles. The van der Waals surface area contributed by atoms with Crippen molar-refractivity contribution < 1.29 is 0 Å². The lowest BCUT2D eigenvalue weighted by atomic mass is 10.2. The van der Waals surface area contributed by atoms with E-state index in [0.29, 0.717) is 5.82 Å². The predicted molar refractivity (Wildman–Crippen MR) is 56.1 cm³/mol. The number of hydrogen-bond donors (Lipinski definition) is 1. The molecule has 1 N–H and O–H groups in total. The number of nitrogens with zero attached hydrogens (tertiary/aromatic N) is 3. The van der Waals surface area contributed by atoms with Gasteiger partial charge in [0.1, 0.15) is 0 Å². The fourth-order valence-corrected chi connectivity index (χ4v) is 1.48. The second-order valence-electron chi connectivity index (χ2n) is 3.29. The summed E-state index contributed by atoms with van der Waals surface area (Å²) in [6, 6.07) is 3.49. The highest BCUT2D eigenvalue weighted by Gasteiger charge is 2.10. The SMILES string of the molecule is CCc1[nH]n(-c2cccnn2)c(=O)c1C. The van der Waals surface area contributed by atoms with Crippen LogP contribution in [-0.4, -0.2) is 20.0 Å². The molecule has 0 saturated carbocycles. The fraction of sp³-hybridized carbons (Fsp3) is 0.300. The summed E-state index contributed by atoms with van der Waals surface area (Å²) in [4.78, 5) is 11.8. The van der Waals surface area contributed by atoms with Gasteiger partial charge in [-0.05, 0) is 25.5 Å². The molecule has 0 spiro atoms. The maximum atomic E-state index is 11.8. The fourth-order valence-electron chi connectivity index (χ4n) is 1.48. The van der Waals surface area contributed by atoms with Crippen molar-refractivity contribution in [2.75, 3.05) is 0 Å². The van der Waals surface area contributed by atoms with Crippen LogP contribution in [0.3, 0.4) is 0 Å². The van der Waals surface area contributed by atoms with Crippen LogP contribution in [0.1, 0.15) is 18.2 Å². The van der Waals surface area contributed by atoms with E-state index in [0.717, 1.165) is 17.7 Å². The van der Waals surface area contributed by atoms with E-state index in [1.165, 1.54) is 4.68 Å². The molecule has 5 heteroatoms. The lowest BCUT2D eigenvalue weighted by Crippen LogP contribution is -2.17. The number of aryl methyl sites for hydroxylation is 1. The Bertz CT molecular complexity index is 512. The molecule has 0 fully saturated rings. The van der Waals surface area contributed by atoms with Gasteiger partial charge in [0.2, 0.25) is 0 Å². The molecule has 0 aromatic carbocycles. The Balaban J connectivity index is 2.60. The standard InChI is InChI=1S/C10H12N4O/c1-3-8-7(2)10(15)14(13-8)9-5-4-6-11-12-9/h4-6,13H,3H2,1-2H3. The van der Waals surface area contributed by atoms with E-state index < -0.39 is 0 Å². The second kappa shape index (κ2) is 3.68. The van der Waals surface area contributed by atoms with Gasteiger partial charge in [0.05, 0.1) is 0 Å². The van der Waals surface area contributed by atoms with Crippen LogP contribution in [0, 0.1) is 6.92 Å². The first-order valence-electron chi connectivity index (χ1n) is 4.82. The van der Waals surface area contributed by atoms with Gasteiger partial charge in [-0.25, -0.2) is 0 Å². The van der Waals surface area contributed by atoms with Crippen molar-refractivity contribution in [3.8, 4) is 5.82 Å². The topological polar surface area (TPSA) is 63.6 Å². The summed E-state index contributed by atoms with van der Waals surface area (Å²) in [6.07, 6.45) is 2.37. The third-order valence-electron chi connectivity index (χ3n) is 2.36. The first kappa shape index (κ1) is 9.64. The Labute approximate surface area is 86.8 Å². The Hall–Kier alpha value is -1.91. The van der Waals surface area contributed by atoms with Gasteiger partial charge in [0, 0.05) is 17.5 Å². The Morgan fingerprint density at radius 2 is 2.33 bits per heavy atom. The van der Waals surface area contributed by atoms with Gasteiger partial charge >= 0.3 is 0 Å². The highest BCUT2D eigenvalue weighted by atomic mass is 16.1. The molecule has 0 bridgehead atoms. The Morgan fingerprint density at radius 3 is 2.87 bits per heavy atom. The largest absolute Gasteiger partial charge is 0.293 e. The minimum atomic E-state index is -0.0626. The molecular weight excluding hydrogens is 192 g/mol. The third-order valence-corrected chi connectivity index (χ3v) is 2.36. The molecule has 0 aliphatic heterocycles. The molecule has 0 aliphatic carbocycles. The number of rotatable bonds is 2. The third kappa shape index (κ3) is 1.56. The molecule has 78 valence electrons. The summed E-state index contributed by atoms with van der Waals surface area (Å²) in [6.45, 7) is 3.81. The number of aromatic amines is 1. The van der Waals surface area contributed by atoms with E-state index in [1.54, 1.807) is 18.3 Å². The van der Waals surface area contributed by atoms with Crippen LogP contribution in [0.25, 0.3) is 5.82 Å². The van der Waals surface area contributed by atoms with Crippen molar-refractivity contribution in [2.24, 2.45) is 0 Å². The minimum absolute atomic E-state index is 0.0626. The molecule has 0 radical (unpaired) electrons. The quantitative estimate of drug-likeness (QED) is 0.787. The van der Waals surface area contributed by atoms with Crippen molar-refractivity contribution in [1.29, 1.82) is 0 Å². The lowest BCUT2D eigenvalue weighted by molar-refractivity contribution is 0.772. The van der Waals surface area contributed by atoms with Crippen molar-refractivity contribution in [3.63, 3.8) is 0 Å².